The van der Waals surface area contributed by atoms with Gasteiger partial charge in [0.2, 0.25) is 15.2 Å². The van der Waals surface area contributed by atoms with E-state index in [-0.39, 0.29) is 42.7 Å². The van der Waals surface area contributed by atoms with Gasteiger partial charge in [0.05, 0.1) is 11.2 Å². The lowest BCUT2D eigenvalue weighted by Crippen LogP contribution is -2.57. The molecule has 1 aromatic heterocycles. The average Bonchev–Trinajstić information content (AvgIpc) is 3.42. The van der Waals surface area contributed by atoms with Gasteiger partial charge in [0.1, 0.15) is 0 Å². The number of piperazine rings is 1. The zero-order valence-corrected chi connectivity index (χ0v) is 21.0. The number of carbonyl (C=O) groups is 3. The molecular formula is C25H24ClN3O6S. The van der Waals surface area contributed by atoms with Crippen molar-refractivity contribution >= 4 is 39.2 Å². The van der Waals surface area contributed by atoms with Crippen LogP contribution in [0.15, 0.2) is 76.2 Å². The zero-order valence-electron chi connectivity index (χ0n) is 19.4. The largest absolute Gasteiger partial charge is 0.459 e. The number of nitrogens with zero attached hydrogens (tertiary/aromatic N) is 2. The Morgan fingerprint density at radius 2 is 1.53 bits per heavy atom. The number of halogens is 1. The highest BCUT2D eigenvalue weighted by atomic mass is 35.5. The maximum atomic E-state index is 13.4. The molecule has 2 heterocycles. The van der Waals surface area contributed by atoms with Crippen LogP contribution in [-0.4, -0.2) is 67.5 Å². The molecule has 11 heteroatoms. The molecule has 1 aliphatic heterocycles. The highest BCUT2D eigenvalue weighted by molar-refractivity contribution is 7.92. The maximum Gasteiger partial charge on any atom is 0.288 e. The number of hydrogen-bond donors (Lipinski definition) is 1. The minimum atomic E-state index is -4.33. The van der Waals surface area contributed by atoms with Crippen molar-refractivity contribution in [2.75, 3.05) is 26.2 Å². The van der Waals surface area contributed by atoms with Crippen LogP contribution in [0.25, 0.3) is 0 Å². The van der Waals surface area contributed by atoms with E-state index in [4.69, 9.17) is 16.0 Å². The van der Waals surface area contributed by atoms with Gasteiger partial charge in [-0.3, -0.25) is 14.4 Å². The normalized spacial score (nSPS) is 14.8. The standard InChI is InChI=1S/C25H24ClN3O6S/c1-17-4-6-18(7-5-17)24(31)28-12-14-29(15-13-28)25(32)23(27-22(30)21-3-2-16-35-21)36(33,34)20-10-8-19(26)9-11-20/h2-11,16,23H,12-15H2,1H3,(H,27,30). The first-order chi connectivity index (χ1) is 17.2. The van der Waals surface area contributed by atoms with E-state index in [2.05, 4.69) is 5.32 Å². The first kappa shape index (κ1) is 25.5. The highest BCUT2D eigenvalue weighted by Crippen LogP contribution is 2.21. The molecule has 0 saturated carbocycles. The van der Waals surface area contributed by atoms with Gasteiger partial charge in [-0.1, -0.05) is 29.3 Å². The van der Waals surface area contributed by atoms with Crippen LogP contribution in [0.2, 0.25) is 5.02 Å². The van der Waals surface area contributed by atoms with E-state index >= 15 is 0 Å². The Kier molecular flexibility index (Phi) is 7.46. The molecule has 0 bridgehead atoms. The number of furan rings is 1. The van der Waals surface area contributed by atoms with Crippen LogP contribution in [-0.2, 0) is 14.6 Å². The van der Waals surface area contributed by atoms with E-state index in [1.54, 1.807) is 17.0 Å². The first-order valence-corrected chi connectivity index (χ1v) is 13.1. The predicted molar refractivity (Wildman–Crippen MR) is 132 cm³/mol. The van der Waals surface area contributed by atoms with Gasteiger partial charge < -0.3 is 19.5 Å². The van der Waals surface area contributed by atoms with E-state index in [1.165, 1.54) is 47.6 Å². The second-order valence-electron chi connectivity index (χ2n) is 8.31. The van der Waals surface area contributed by atoms with E-state index < -0.39 is 27.0 Å². The molecule has 9 nitrogen and oxygen atoms in total. The van der Waals surface area contributed by atoms with Crippen molar-refractivity contribution < 1.29 is 27.2 Å². The number of nitrogens with one attached hydrogen (secondary N) is 1. The number of hydrogen-bond acceptors (Lipinski definition) is 6. The summed E-state index contributed by atoms with van der Waals surface area (Å²) in [7, 11) is -4.33. The minimum absolute atomic E-state index is 0.111. The van der Waals surface area contributed by atoms with Crippen LogP contribution in [0.3, 0.4) is 0 Å². The maximum absolute atomic E-state index is 13.4. The van der Waals surface area contributed by atoms with Crippen molar-refractivity contribution in [3.63, 3.8) is 0 Å². The zero-order chi connectivity index (χ0) is 25.9. The molecule has 1 unspecified atom stereocenters. The third-order valence-electron chi connectivity index (χ3n) is 5.86. The van der Waals surface area contributed by atoms with Crippen LogP contribution in [0, 0.1) is 6.92 Å². The molecular weight excluding hydrogens is 506 g/mol. The van der Waals surface area contributed by atoms with Gasteiger partial charge in [0.15, 0.2) is 5.76 Å². The van der Waals surface area contributed by atoms with E-state index in [1.807, 2.05) is 19.1 Å². The summed E-state index contributed by atoms with van der Waals surface area (Å²) in [4.78, 5) is 41.7. The lowest BCUT2D eigenvalue weighted by Gasteiger charge is -2.36. The Morgan fingerprint density at radius 3 is 2.11 bits per heavy atom. The Labute approximate surface area is 213 Å². The number of amides is 3. The molecule has 4 rings (SSSR count). The Hall–Kier alpha value is -3.63. The van der Waals surface area contributed by atoms with Crippen LogP contribution < -0.4 is 5.32 Å². The summed E-state index contributed by atoms with van der Waals surface area (Å²) < 4.78 is 31.9. The molecule has 36 heavy (non-hydrogen) atoms. The van der Waals surface area contributed by atoms with Crippen molar-refractivity contribution in [2.24, 2.45) is 0 Å². The van der Waals surface area contributed by atoms with Crippen LogP contribution in [0.5, 0.6) is 0 Å². The number of carbonyl (C=O) groups excluding carboxylic acids is 3. The van der Waals surface area contributed by atoms with Gasteiger partial charge in [-0.15, -0.1) is 0 Å². The molecule has 2 aromatic carbocycles. The SMILES string of the molecule is Cc1ccc(C(=O)N2CCN(C(=O)C(NC(=O)c3ccco3)S(=O)(=O)c3ccc(Cl)cc3)CC2)cc1. The van der Waals surface area contributed by atoms with Crippen LogP contribution in [0.1, 0.15) is 26.5 Å². The predicted octanol–water partition coefficient (Wildman–Crippen LogP) is 2.76. The number of rotatable bonds is 6. The minimum Gasteiger partial charge on any atom is -0.459 e. The Bertz CT molecular complexity index is 1350. The van der Waals surface area contributed by atoms with Gasteiger partial charge in [-0.05, 0) is 55.5 Å². The summed E-state index contributed by atoms with van der Waals surface area (Å²) in [6.45, 7) is 2.59. The van der Waals surface area contributed by atoms with Gasteiger partial charge in [-0.25, -0.2) is 8.42 Å². The molecule has 3 amide bonds. The third-order valence-corrected chi connectivity index (χ3v) is 7.98. The molecule has 0 aliphatic carbocycles. The molecule has 1 saturated heterocycles. The van der Waals surface area contributed by atoms with Gasteiger partial charge in [0.25, 0.3) is 17.7 Å². The molecule has 1 fully saturated rings. The molecule has 0 spiro atoms. The summed E-state index contributed by atoms with van der Waals surface area (Å²) in [5.74, 6) is -1.94. The van der Waals surface area contributed by atoms with Crippen LogP contribution in [0.4, 0.5) is 0 Å². The third kappa shape index (κ3) is 5.44. The van der Waals surface area contributed by atoms with Crippen molar-refractivity contribution in [1.82, 2.24) is 15.1 Å². The lowest BCUT2D eigenvalue weighted by molar-refractivity contribution is -0.132. The second-order valence-corrected chi connectivity index (χ2v) is 10.8. The fraction of sp³-hybridized carbons (Fsp3) is 0.240. The number of sulfone groups is 1. The molecule has 1 atom stereocenters. The quantitative estimate of drug-likeness (QED) is 0.525. The summed E-state index contributed by atoms with van der Waals surface area (Å²) >= 11 is 5.88. The molecule has 3 aromatic rings. The monoisotopic (exact) mass is 529 g/mol. The summed E-state index contributed by atoms with van der Waals surface area (Å²) in [5, 5.41) is 0.741. The fourth-order valence-electron chi connectivity index (χ4n) is 3.80. The number of benzene rings is 2. The van der Waals surface area contributed by atoms with Crippen molar-refractivity contribution in [3.8, 4) is 0 Å². The topological polar surface area (TPSA) is 117 Å². The average molecular weight is 530 g/mol. The fourth-order valence-corrected chi connectivity index (χ4v) is 5.40. The van der Waals surface area contributed by atoms with E-state index in [0.29, 0.717) is 10.6 Å². The Balaban J connectivity index is 1.53. The van der Waals surface area contributed by atoms with Gasteiger partial charge in [-0.2, -0.15) is 0 Å². The van der Waals surface area contributed by atoms with E-state index in [9.17, 15) is 22.8 Å². The summed E-state index contributed by atoms with van der Waals surface area (Å²) in [6.07, 6.45) is 1.27. The first-order valence-electron chi connectivity index (χ1n) is 11.2. The van der Waals surface area contributed by atoms with Crippen LogP contribution >= 0.6 is 11.6 Å². The van der Waals surface area contributed by atoms with Crippen molar-refractivity contribution in [3.05, 3.63) is 88.8 Å². The van der Waals surface area contributed by atoms with Gasteiger partial charge in [0, 0.05) is 36.8 Å². The van der Waals surface area contributed by atoms with Crippen molar-refractivity contribution in [1.29, 1.82) is 0 Å². The number of aryl methyl sites for hydroxylation is 1. The molecule has 1 N–H and O–H groups in total. The highest BCUT2D eigenvalue weighted by Gasteiger charge is 2.40. The molecule has 0 radical (unpaired) electrons. The summed E-state index contributed by atoms with van der Waals surface area (Å²) in [5.41, 5.74) is 1.57. The second kappa shape index (κ2) is 10.5. The summed E-state index contributed by atoms with van der Waals surface area (Å²) in [6, 6.07) is 15.3. The molecule has 188 valence electrons. The molecule has 1 aliphatic rings. The van der Waals surface area contributed by atoms with E-state index in [0.717, 1.165) is 5.56 Å². The smallest absolute Gasteiger partial charge is 0.288 e. The Morgan fingerprint density at radius 1 is 0.917 bits per heavy atom. The van der Waals surface area contributed by atoms with Gasteiger partial charge >= 0.3 is 0 Å². The lowest BCUT2D eigenvalue weighted by atomic mass is 10.1. The van der Waals surface area contributed by atoms with Crippen molar-refractivity contribution in [2.45, 2.75) is 17.2 Å².